The molecule has 2 aromatic heterocycles. The van der Waals surface area contributed by atoms with Gasteiger partial charge in [0.2, 0.25) is 0 Å². The second-order valence-corrected chi connectivity index (χ2v) is 7.15. The summed E-state index contributed by atoms with van der Waals surface area (Å²) in [6.07, 6.45) is 5.00. The van der Waals surface area contributed by atoms with Gasteiger partial charge in [-0.25, -0.2) is 4.98 Å². The van der Waals surface area contributed by atoms with Gasteiger partial charge in [0.15, 0.2) is 0 Å². The summed E-state index contributed by atoms with van der Waals surface area (Å²) in [5.41, 5.74) is 3.04. The third kappa shape index (κ3) is 1.87. The lowest BCUT2D eigenvalue weighted by atomic mass is 9.58. The highest BCUT2D eigenvalue weighted by Crippen LogP contribution is 2.49. The molecule has 1 spiro atoms. The first-order valence-electron chi connectivity index (χ1n) is 7.82. The predicted octanol–water partition coefficient (Wildman–Crippen LogP) is 3.16. The molecule has 1 aliphatic heterocycles. The third-order valence-corrected chi connectivity index (χ3v) is 5.12. The minimum Gasteiger partial charge on any atom is -0.332 e. The molecule has 0 amide bonds. The van der Waals surface area contributed by atoms with Crippen molar-refractivity contribution >= 4 is 11.0 Å². The molecule has 3 heterocycles. The van der Waals surface area contributed by atoms with E-state index in [2.05, 4.69) is 48.1 Å². The van der Waals surface area contributed by atoms with Crippen LogP contribution in [0.5, 0.6) is 0 Å². The highest BCUT2D eigenvalue weighted by Gasteiger charge is 2.48. The molecule has 1 saturated carbocycles. The molecule has 1 aliphatic carbocycles. The van der Waals surface area contributed by atoms with E-state index in [0.717, 1.165) is 12.5 Å². The van der Waals surface area contributed by atoms with Crippen LogP contribution in [0.15, 0.2) is 24.4 Å². The van der Waals surface area contributed by atoms with Crippen molar-refractivity contribution in [2.45, 2.75) is 39.2 Å². The molecule has 0 atom stereocenters. The van der Waals surface area contributed by atoms with E-state index < -0.39 is 0 Å². The Bertz CT molecular complexity index is 629. The Morgan fingerprint density at radius 3 is 2.75 bits per heavy atom. The van der Waals surface area contributed by atoms with Gasteiger partial charge in [0.05, 0.1) is 0 Å². The summed E-state index contributed by atoms with van der Waals surface area (Å²) in [6, 6.07) is 6.58. The molecule has 2 aliphatic rings. The maximum atomic E-state index is 4.87. The zero-order valence-electron chi connectivity index (χ0n) is 12.4. The van der Waals surface area contributed by atoms with Gasteiger partial charge < -0.3 is 9.88 Å². The largest absolute Gasteiger partial charge is 0.332 e. The van der Waals surface area contributed by atoms with E-state index in [9.17, 15) is 0 Å². The van der Waals surface area contributed by atoms with Crippen LogP contribution in [0.4, 0.5) is 0 Å². The van der Waals surface area contributed by atoms with Crippen LogP contribution in [-0.2, 0) is 6.54 Å². The van der Waals surface area contributed by atoms with E-state index in [1.54, 1.807) is 0 Å². The zero-order chi connectivity index (χ0) is 13.7. The molecule has 1 N–H and O–H groups in total. The van der Waals surface area contributed by atoms with E-state index in [1.165, 1.54) is 42.7 Å². The Labute approximate surface area is 120 Å². The molecule has 20 heavy (non-hydrogen) atoms. The molecule has 3 nitrogen and oxygen atoms in total. The molecular weight excluding hydrogens is 246 g/mol. The van der Waals surface area contributed by atoms with Crippen molar-refractivity contribution in [3.05, 3.63) is 30.1 Å². The van der Waals surface area contributed by atoms with Crippen LogP contribution in [0.3, 0.4) is 0 Å². The summed E-state index contributed by atoms with van der Waals surface area (Å²) < 4.78 is 2.37. The summed E-state index contributed by atoms with van der Waals surface area (Å²) in [6.45, 7) is 8.04. The number of aromatic nitrogens is 2. The minimum absolute atomic E-state index is 0.496. The Morgan fingerprint density at radius 2 is 2.10 bits per heavy atom. The molecular formula is C17H23N3. The molecule has 0 radical (unpaired) electrons. The van der Waals surface area contributed by atoms with Crippen LogP contribution < -0.4 is 5.32 Å². The van der Waals surface area contributed by atoms with Crippen molar-refractivity contribution < 1.29 is 0 Å². The first kappa shape index (κ1) is 12.4. The van der Waals surface area contributed by atoms with Crippen LogP contribution in [0.25, 0.3) is 11.0 Å². The van der Waals surface area contributed by atoms with Gasteiger partial charge in [0.25, 0.3) is 0 Å². The van der Waals surface area contributed by atoms with Gasteiger partial charge in [-0.1, -0.05) is 13.8 Å². The monoisotopic (exact) mass is 269 g/mol. The quantitative estimate of drug-likeness (QED) is 0.927. The normalized spacial score (nSPS) is 21.4. The maximum absolute atomic E-state index is 4.87. The van der Waals surface area contributed by atoms with Gasteiger partial charge in [0, 0.05) is 36.9 Å². The standard InChI is InChI=1S/C17H23N3/c1-12(2)15-4-3-14-5-6-20(16(14)19-15)9-13-7-17(8-13)10-18-11-17/h3-6,12-13,18H,7-11H2,1-2H3. The average Bonchev–Trinajstić information content (AvgIpc) is 2.73. The average molecular weight is 269 g/mol. The van der Waals surface area contributed by atoms with E-state index in [1.807, 2.05) is 0 Å². The fraction of sp³-hybridized carbons (Fsp3) is 0.588. The van der Waals surface area contributed by atoms with E-state index in [-0.39, 0.29) is 0 Å². The number of rotatable bonds is 3. The maximum Gasteiger partial charge on any atom is 0.140 e. The summed E-state index contributed by atoms with van der Waals surface area (Å²) in [7, 11) is 0. The van der Waals surface area contributed by atoms with Gasteiger partial charge in [-0.3, -0.25) is 0 Å². The summed E-state index contributed by atoms with van der Waals surface area (Å²) >= 11 is 0. The van der Waals surface area contributed by atoms with Crippen LogP contribution in [0.1, 0.15) is 38.3 Å². The van der Waals surface area contributed by atoms with Crippen LogP contribution in [-0.4, -0.2) is 22.6 Å². The minimum atomic E-state index is 0.496. The van der Waals surface area contributed by atoms with Gasteiger partial charge in [-0.05, 0) is 48.3 Å². The smallest absolute Gasteiger partial charge is 0.140 e. The van der Waals surface area contributed by atoms with Crippen molar-refractivity contribution in [2.75, 3.05) is 13.1 Å². The number of nitrogens with zero attached hydrogens (tertiary/aromatic N) is 2. The highest BCUT2D eigenvalue weighted by atomic mass is 15.0. The topological polar surface area (TPSA) is 29.9 Å². The molecule has 0 unspecified atom stereocenters. The van der Waals surface area contributed by atoms with Crippen molar-refractivity contribution in [3.8, 4) is 0 Å². The summed E-state index contributed by atoms with van der Waals surface area (Å²) in [5, 5.41) is 4.69. The van der Waals surface area contributed by atoms with Crippen molar-refractivity contribution in [1.29, 1.82) is 0 Å². The van der Waals surface area contributed by atoms with Gasteiger partial charge in [-0.2, -0.15) is 0 Å². The van der Waals surface area contributed by atoms with Crippen molar-refractivity contribution in [2.24, 2.45) is 11.3 Å². The molecule has 0 aromatic carbocycles. The summed E-state index contributed by atoms with van der Waals surface area (Å²) in [4.78, 5) is 4.87. The van der Waals surface area contributed by atoms with Crippen LogP contribution >= 0.6 is 0 Å². The molecule has 1 saturated heterocycles. The molecule has 4 rings (SSSR count). The van der Waals surface area contributed by atoms with Crippen molar-refractivity contribution in [3.63, 3.8) is 0 Å². The van der Waals surface area contributed by atoms with Gasteiger partial charge >= 0.3 is 0 Å². The Balaban J connectivity index is 1.55. The highest BCUT2D eigenvalue weighted by molar-refractivity contribution is 5.76. The lowest BCUT2D eigenvalue weighted by Gasteiger charge is -2.54. The zero-order valence-corrected chi connectivity index (χ0v) is 12.4. The molecule has 3 heteroatoms. The van der Waals surface area contributed by atoms with E-state index in [0.29, 0.717) is 11.3 Å². The number of pyridine rings is 1. The van der Waals surface area contributed by atoms with Gasteiger partial charge in [0.1, 0.15) is 5.65 Å². The predicted molar refractivity (Wildman–Crippen MR) is 81.8 cm³/mol. The third-order valence-electron chi connectivity index (χ3n) is 5.12. The number of hydrogen-bond donors (Lipinski definition) is 1. The fourth-order valence-corrected chi connectivity index (χ4v) is 3.88. The molecule has 2 aromatic rings. The SMILES string of the molecule is CC(C)c1ccc2ccn(CC3CC4(CNC4)C3)c2n1. The molecule has 2 fully saturated rings. The number of hydrogen-bond acceptors (Lipinski definition) is 2. The van der Waals surface area contributed by atoms with Crippen LogP contribution in [0, 0.1) is 11.3 Å². The fourth-order valence-electron chi connectivity index (χ4n) is 3.88. The first-order chi connectivity index (χ1) is 9.65. The Kier molecular flexibility index (Phi) is 2.68. The summed E-state index contributed by atoms with van der Waals surface area (Å²) in [5.74, 6) is 1.34. The lowest BCUT2D eigenvalue weighted by molar-refractivity contribution is -0.00666. The number of nitrogens with one attached hydrogen (secondary N) is 1. The second-order valence-electron chi connectivity index (χ2n) is 7.15. The number of fused-ring (bicyclic) bond motifs is 1. The second kappa shape index (κ2) is 4.32. The lowest BCUT2D eigenvalue weighted by Crippen LogP contribution is -2.60. The van der Waals surface area contributed by atoms with E-state index in [4.69, 9.17) is 4.98 Å². The Morgan fingerprint density at radius 1 is 1.30 bits per heavy atom. The molecule has 106 valence electrons. The first-order valence-corrected chi connectivity index (χ1v) is 7.82. The van der Waals surface area contributed by atoms with Gasteiger partial charge in [-0.15, -0.1) is 0 Å². The van der Waals surface area contributed by atoms with Crippen molar-refractivity contribution in [1.82, 2.24) is 14.9 Å². The Hall–Kier alpha value is -1.35. The molecule has 0 bridgehead atoms. The van der Waals surface area contributed by atoms with Crippen LogP contribution in [0.2, 0.25) is 0 Å². The van der Waals surface area contributed by atoms with E-state index >= 15 is 0 Å².